The first-order valence-electron chi connectivity index (χ1n) is 10.8. The summed E-state index contributed by atoms with van der Waals surface area (Å²) < 4.78 is 9.24. The minimum absolute atomic E-state index is 0.00905. The number of alkyl carbamates (subject to hydrolysis) is 1. The molecule has 32 heavy (non-hydrogen) atoms. The van der Waals surface area contributed by atoms with E-state index in [1.165, 1.54) is 32.1 Å². The first-order valence-corrected chi connectivity index (χ1v) is 12.0. The maximum Gasteiger partial charge on any atom is 0.436 e. The van der Waals surface area contributed by atoms with Crippen molar-refractivity contribution >= 4 is 29.1 Å². The molecule has 0 aliphatic heterocycles. The number of nitrogens with two attached hydrogens (primary N) is 1. The lowest BCUT2D eigenvalue weighted by molar-refractivity contribution is 0.156. The number of nitriles is 1. The highest BCUT2D eigenvalue weighted by Gasteiger charge is 2.09. The Morgan fingerprint density at radius 2 is 1.88 bits per heavy atom. The fourth-order valence-corrected chi connectivity index (χ4v) is 2.52. The van der Waals surface area contributed by atoms with Crippen LogP contribution in [-0.4, -0.2) is 61.1 Å². The average Bonchev–Trinajstić information content (AvgIpc) is 2.78. The second-order valence-electron chi connectivity index (χ2n) is 6.55. The number of carbonyl (C=O) groups excluding carboxylic acids is 2. The van der Waals surface area contributed by atoms with E-state index in [2.05, 4.69) is 24.6 Å². The largest absolute Gasteiger partial charge is 0.447 e. The van der Waals surface area contributed by atoms with E-state index in [1.54, 1.807) is 12.3 Å². The number of aliphatic hydroxyl groups is 1. The Balaban J connectivity index is 0. The molecule has 0 spiro atoms. The molecule has 0 bridgehead atoms. The third-order valence-electron chi connectivity index (χ3n) is 3.93. The molecule has 0 aliphatic carbocycles. The summed E-state index contributed by atoms with van der Waals surface area (Å²) in [6.07, 6.45) is 9.26. The summed E-state index contributed by atoms with van der Waals surface area (Å²) in [4.78, 5) is 28.8. The van der Waals surface area contributed by atoms with Crippen LogP contribution in [0.15, 0.2) is 4.99 Å². The summed E-state index contributed by atoms with van der Waals surface area (Å²) in [7, 11) is 0. The first kappa shape index (κ1) is 31.8. The predicted octanol–water partition coefficient (Wildman–Crippen LogP) is 3.85. The molecule has 0 saturated heterocycles. The number of nitrogens with one attached hydrogen (secondary N) is 1. The number of ether oxygens (including phenoxy) is 2. The van der Waals surface area contributed by atoms with Crippen LogP contribution in [0, 0.1) is 17.9 Å². The standard InChI is InChI=1S/C11H25NO.C10H12N4O4S/c1-2-11(13)9-7-5-3-4-6-8-10-12;1-12-5-7-18-10(16)14-8(19-2)13-9(15)17-6-3-4-11/h11,13H,2-10,12H2,1H3;3,5-7H2,2H3,(H,13,14,15,16). The molecule has 0 saturated carbocycles. The van der Waals surface area contributed by atoms with Gasteiger partial charge in [0.15, 0.2) is 11.8 Å². The van der Waals surface area contributed by atoms with Gasteiger partial charge in [-0.05, 0) is 32.1 Å². The Morgan fingerprint density at radius 1 is 1.22 bits per heavy atom. The van der Waals surface area contributed by atoms with E-state index in [0.717, 1.165) is 37.6 Å². The Hall–Kier alpha value is -2.34. The SMILES string of the molecule is CCC(O)CCCCCCCCN.[C-]#[N+]CCOC(=O)NC(=NC(=O)OCCC#N)SC. The lowest BCUT2D eigenvalue weighted by Gasteiger charge is -2.06. The van der Waals surface area contributed by atoms with E-state index in [9.17, 15) is 14.7 Å². The van der Waals surface area contributed by atoms with Gasteiger partial charge >= 0.3 is 12.2 Å². The molecule has 0 aromatic rings. The molecule has 2 amide bonds. The Labute approximate surface area is 195 Å². The average molecular weight is 472 g/mol. The lowest BCUT2D eigenvalue weighted by atomic mass is 10.1. The second-order valence-corrected chi connectivity index (χ2v) is 7.34. The van der Waals surface area contributed by atoms with Crippen LogP contribution in [0.3, 0.4) is 0 Å². The number of aliphatic hydroxyl groups excluding tert-OH is 1. The lowest BCUT2D eigenvalue weighted by Crippen LogP contribution is -2.30. The van der Waals surface area contributed by atoms with Crippen molar-refractivity contribution in [2.45, 2.75) is 70.8 Å². The van der Waals surface area contributed by atoms with E-state index in [4.69, 9.17) is 17.6 Å². The first-order chi connectivity index (χ1) is 15.4. The van der Waals surface area contributed by atoms with Crippen molar-refractivity contribution in [3.05, 3.63) is 11.4 Å². The molecule has 0 heterocycles. The fraction of sp³-hybridized carbons (Fsp3) is 0.762. The molecule has 11 heteroatoms. The van der Waals surface area contributed by atoms with Gasteiger partial charge in [0.2, 0.25) is 6.54 Å². The van der Waals surface area contributed by atoms with Crippen LogP contribution in [0.5, 0.6) is 0 Å². The van der Waals surface area contributed by atoms with Gasteiger partial charge in [-0.1, -0.05) is 50.8 Å². The molecule has 1 unspecified atom stereocenters. The van der Waals surface area contributed by atoms with E-state index in [0.29, 0.717) is 0 Å². The quantitative estimate of drug-likeness (QED) is 0.158. The van der Waals surface area contributed by atoms with Gasteiger partial charge in [-0.2, -0.15) is 10.3 Å². The van der Waals surface area contributed by atoms with Crippen molar-refractivity contribution in [3.8, 4) is 6.07 Å². The highest BCUT2D eigenvalue weighted by molar-refractivity contribution is 8.13. The number of carbonyl (C=O) groups is 2. The predicted molar refractivity (Wildman–Crippen MR) is 126 cm³/mol. The summed E-state index contributed by atoms with van der Waals surface area (Å²) in [6.45, 7) is 9.33. The number of thioether (sulfide) groups is 1. The van der Waals surface area contributed by atoms with Crippen LogP contribution in [0.1, 0.15) is 64.7 Å². The number of hydrogen-bond donors (Lipinski definition) is 3. The Kier molecular flexibility index (Phi) is 24.8. The molecule has 182 valence electrons. The third-order valence-corrected chi connectivity index (χ3v) is 4.51. The molecule has 10 nitrogen and oxygen atoms in total. The van der Waals surface area contributed by atoms with Crippen molar-refractivity contribution in [1.29, 1.82) is 5.26 Å². The van der Waals surface area contributed by atoms with Crippen LogP contribution in [-0.2, 0) is 9.47 Å². The van der Waals surface area contributed by atoms with Crippen molar-refractivity contribution in [2.24, 2.45) is 10.7 Å². The zero-order valence-corrected chi connectivity index (χ0v) is 20.0. The summed E-state index contributed by atoms with van der Waals surface area (Å²) in [5.41, 5.74) is 5.39. The molecule has 0 aromatic carbocycles. The summed E-state index contributed by atoms with van der Waals surface area (Å²) in [5, 5.41) is 19.8. The van der Waals surface area contributed by atoms with Gasteiger partial charge in [-0.3, -0.25) is 5.32 Å². The molecule has 1 atom stereocenters. The zero-order chi connectivity index (χ0) is 24.5. The van der Waals surface area contributed by atoms with Gasteiger partial charge in [-0.25, -0.2) is 16.2 Å². The van der Waals surface area contributed by atoms with E-state index < -0.39 is 12.2 Å². The van der Waals surface area contributed by atoms with Gasteiger partial charge in [0.25, 0.3) is 0 Å². The van der Waals surface area contributed by atoms with Gasteiger partial charge in [0.05, 0.1) is 18.6 Å². The molecule has 0 aromatic heterocycles. The van der Waals surface area contributed by atoms with Crippen molar-refractivity contribution in [3.63, 3.8) is 0 Å². The number of amides is 2. The number of hydrogen-bond acceptors (Lipinski definition) is 8. The number of rotatable bonds is 13. The van der Waals surface area contributed by atoms with Gasteiger partial charge < -0.3 is 25.2 Å². The highest BCUT2D eigenvalue weighted by Crippen LogP contribution is 2.09. The van der Waals surface area contributed by atoms with Crippen molar-refractivity contribution in [1.82, 2.24) is 5.32 Å². The fourth-order valence-electron chi connectivity index (χ4n) is 2.17. The summed E-state index contributed by atoms with van der Waals surface area (Å²) in [6, 6.07) is 1.81. The number of aliphatic imine (C=N–C) groups is 1. The second kappa shape index (κ2) is 24.9. The van der Waals surface area contributed by atoms with Gasteiger partial charge in [0.1, 0.15) is 6.61 Å². The van der Waals surface area contributed by atoms with Crippen LogP contribution < -0.4 is 11.1 Å². The maximum atomic E-state index is 11.2. The number of unbranched alkanes of at least 4 members (excludes halogenated alkanes) is 5. The van der Waals surface area contributed by atoms with Gasteiger partial charge in [-0.15, -0.1) is 0 Å². The van der Waals surface area contributed by atoms with E-state index in [-0.39, 0.29) is 37.5 Å². The normalized spacial score (nSPS) is 11.2. The molecule has 0 radical (unpaired) electrons. The molecule has 4 N–H and O–H groups in total. The molecule has 0 rings (SSSR count). The van der Waals surface area contributed by atoms with Crippen molar-refractivity contribution in [2.75, 3.05) is 32.6 Å². The monoisotopic (exact) mass is 471 g/mol. The highest BCUT2D eigenvalue weighted by atomic mass is 32.2. The molecular weight excluding hydrogens is 434 g/mol. The van der Waals surface area contributed by atoms with Crippen LogP contribution in [0.25, 0.3) is 4.85 Å². The Morgan fingerprint density at radius 3 is 2.44 bits per heavy atom. The molecular formula is C21H37N5O5S. The third kappa shape index (κ3) is 23.9. The summed E-state index contributed by atoms with van der Waals surface area (Å²) in [5.74, 6) is 0. The van der Waals surface area contributed by atoms with Crippen LogP contribution in [0.4, 0.5) is 9.59 Å². The number of nitrogens with zero attached hydrogens (tertiary/aromatic N) is 3. The smallest absolute Gasteiger partial charge is 0.436 e. The Bertz CT molecular complexity index is 604. The maximum absolute atomic E-state index is 11.2. The zero-order valence-electron chi connectivity index (χ0n) is 19.2. The topological polar surface area (TPSA) is 151 Å². The summed E-state index contributed by atoms with van der Waals surface area (Å²) >= 11 is 1.02. The van der Waals surface area contributed by atoms with Crippen LogP contribution >= 0.6 is 11.8 Å². The molecule has 0 fully saturated rings. The van der Waals surface area contributed by atoms with E-state index in [1.807, 2.05) is 6.92 Å². The van der Waals surface area contributed by atoms with Gasteiger partial charge in [0, 0.05) is 0 Å². The van der Waals surface area contributed by atoms with Crippen molar-refractivity contribution < 1.29 is 24.2 Å². The number of amidine groups is 1. The van der Waals surface area contributed by atoms with Crippen LogP contribution in [0.2, 0.25) is 0 Å². The van der Waals surface area contributed by atoms with E-state index >= 15 is 0 Å². The molecule has 0 aliphatic rings. The minimum atomic E-state index is -0.902. The minimum Gasteiger partial charge on any atom is -0.447 e.